The van der Waals surface area contributed by atoms with Crippen LogP contribution in [0.1, 0.15) is 17.5 Å². The van der Waals surface area contributed by atoms with Crippen molar-refractivity contribution in [3.63, 3.8) is 0 Å². The molecule has 4 unspecified atom stereocenters. The van der Waals surface area contributed by atoms with E-state index < -0.39 is 24.5 Å². The lowest BCUT2D eigenvalue weighted by atomic mass is 10.1. The minimum absolute atomic E-state index is 0.408. The van der Waals surface area contributed by atoms with Gasteiger partial charge in [-0.25, -0.2) is 15.0 Å². The third-order valence-electron chi connectivity index (χ3n) is 6.94. The Morgan fingerprint density at radius 1 is 0.971 bits per heavy atom. The van der Waals surface area contributed by atoms with Crippen LogP contribution in [0.4, 0.5) is 0 Å². The van der Waals surface area contributed by atoms with Crippen LogP contribution < -0.4 is 5.32 Å². The topological polar surface area (TPSA) is 110 Å². The zero-order valence-electron chi connectivity index (χ0n) is 19.7. The first kappa shape index (κ1) is 22.1. The molecule has 9 nitrogen and oxygen atoms in total. The number of para-hydroxylation sites is 1. The van der Waals surface area contributed by atoms with Gasteiger partial charge in [-0.05, 0) is 31.5 Å². The molecular formula is C26H28N6O3. The summed E-state index contributed by atoms with van der Waals surface area (Å²) in [4.78, 5) is 12.8. The number of fused-ring (bicyclic) bond motifs is 4. The molecule has 0 amide bonds. The second kappa shape index (κ2) is 8.69. The summed E-state index contributed by atoms with van der Waals surface area (Å²) in [5.41, 5.74) is 5.62. The summed E-state index contributed by atoms with van der Waals surface area (Å²) in [6.45, 7) is 5.83. The van der Waals surface area contributed by atoms with Crippen molar-refractivity contribution in [2.75, 3.05) is 13.1 Å². The van der Waals surface area contributed by atoms with Gasteiger partial charge in [0.1, 0.15) is 30.2 Å². The molecule has 180 valence electrons. The fraction of sp³-hybridized carbons (Fsp3) is 0.346. The van der Waals surface area contributed by atoms with Crippen LogP contribution in [-0.2, 0) is 11.3 Å². The zero-order chi connectivity index (χ0) is 24.1. The van der Waals surface area contributed by atoms with Crippen LogP contribution in [0.3, 0.4) is 0 Å². The van der Waals surface area contributed by atoms with Gasteiger partial charge < -0.3 is 24.8 Å². The molecule has 0 spiro atoms. The number of nitrogens with zero attached hydrogens (tertiary/aromatic N) is 5. The molecule has 3 aromatic heterocycles. The highest BCUT2D eigenvalue weighted by Crippen LogP contribution is 2.32. The maximum atomic E-state index is 10.7. The first-order chi connectivity index (χ1) is 17.0. The fourth-order valence-corrected chi connectivity index (χ4v) is 5.12. The van der Waals surface area contributed by atoms with Gasteiger partial charge in [0.05, 0.1) is 12.0 Å². The largest absolute Gasteiger partial charge is 0.387 e. The summed E-state index contributed by atoms with van der Waals surface area (Å²) >= 11 is 0. The van der Waals surface area contributed by atoms with Crippen molar-refractivity contribution in [2.45, 2.75) is 44.9 Å². The van der Waals surface area contributed by atoms with E-state index in [0.29, 0.717) is 24.3 Å². The Bertz CT molecular complexity index is 1530. The average Bonchev–Trinajstić information content (AvgIpc) is 3.51. The van der Waals surface area contributed by atoms with E-state index in [0.717, 1.165) is 12.2 Å². The van der Waals surface area contributed by atoms with E-state index >= 15 is 0 Å². The highest BCUT2D eigenvalue weighted by atomic mass is 16.6. The standard InChI is InChI=1S/C26H28N6O3/c1-15-7-8-18-17-5-3-4-6-19(17)31(20(18)11-15)10-9-27-12-21-23(33)24(34)26(35-21)32-14-30-22-16(2)28-13-29-25(22)32/h3-8,11,13-14,21,23-24,26-27,33-34H,9-10,12H2,1-2H3. The monoisotopic (exact) mass is 472 g/mol. The predicted octanol–water partition coefficient (Wildman–Crippen LogP) is 2.46. The van der Waals surface area contributed by atoms with E-state index in [2.05, 4.69) is 74.2 Å². The van der Waals surface area contributed by atoms with E-state index in [1.165, 1.54) is 33.7 Å². The van der Waals surface area contributed by atoms with Crippen molar-refractivity contribution in [3.05, 3.63) is 66.4 Å². The smallest absolute Gasteiger partial charge is 0.165 e. The van der Waals surface area contributed by atoms with Gasteiger partial charge in [0.15, 0.2) is 11.9 Å². The van der Waals surface area contributed by atoms with Gasteiger partial charge in [-0.15, -0.1) is 0 Å². The molecule has 3 N–H and O–H groups in total. The Morgan fingerprint density at radius 3 is 2.69 bits per heavy atom. The van der Waals surface area contributed by atoms with Gasteiger partial charge in [-0.3, -0.25) is 4.57 Å². The number of hydrogen-bond acceptors (Lipinski definition) is 7. The molecule has 4 heterocycles. The van der Waals surface area contributed by atoms with Gasteiger partial charge in [0.25, 0.3) is 0 Å². The Kier molecular flexibility index (Phi) is 5.49. The molecular weight excluding hydrogens is 444 g/mol. The van der Waals surface area contributed by atoms with Crippen molar-refractivity contribution >= 4 is 33.0 Å². The third-order valence-corrected chi connectivity index (χ3v) is 6.94. The zero-order valence-corrected chi connectivity index (χ0v) is 19.7. The maximum absolute atomic E-state index is 10.7. The summed E-state index contributed by atoms with van der Waals surface area (Å²) in [7, 11) is 0. The van der Waals surface area contributed by atoms with Crippen molar-refractivity contribution in [2.24, 2.45) is 0 Å². The summed E-state index contributed by atoms with van der Waals surface area (Å²) in [5, 5.41) is 27.3. The average molecular weight is 473 g/mol. The van der Waals surface area contributed by atoms with E-state index in [1.54, 1.807) is 10.9 Å². The van der Waals surface area contributed by atoms with E-state index in [1.807, 2.05) is 6.92 Å². The van der Waals surface area contributed by atoms with Gasteiger partial charge >= 0.3 is 0 Å². The minimum Gasteiger partial charge on any atom is -0.387 e. The number of hydrogen-bond donors (Lipinski definition) is 3. The molecule has 9 heteroatoms. The number of ether oxygens (including phenoxy) is 1. The fourth-order valence-electron chi connectivity index (χ4n) is 5.12. The predicted molar refractivity (Wildman–Crippen MR) is 133 cm³/mol. The molecule has 2 aromatic carbocycles. The Labute approximate surface area is 202 Å². The molecule has 0 radical (unpaired) electrons. The van der Waals surface area contributed by atoms with E-state index in [9.17, 15) is 10.2 Å². The first-order valence-corrected chi connectivity index (χ1v) is 11.9. The Hall–Kier alpha value is -3.37. The Morgan fingerprint density at radius 2 is 1.80 bits per heavy atom. The molecule has 0 aliphatic carbocycles. The summed E-state index contributed by atoms with van der Waals surface area (Å²) in [5.74, 6) is 0. The number of nitrogens with one attached hydrogen (secondary N) is 1. The van der Waals surface area contributed by atoms with Gasteiger partial charge in [0, 0.05) is 41.4 Å². The molecule has 0 saturated carbocycles. The van der Waals surface area contributed by atoms with Crippen LogP contribution in [0.2, 0.25) is 0 Å². The summed E-state index contributed by atoms with van der Waals surface area (Å²) in [6.07, 6.45) is -0.402. The van der Waals surface area contributed by atoms with Crippen LogP contribution in [0.15, 0.2) is 55.1 Å². The normalized spacial score (nSPS) is 22.6. The second-order valence-corrected chi connectivity index (χ2v) is 9.22. The van der Waals surface area contributed by atoms with Crippen LogP contribution >= 0.6 is 0 Å². The van der Waals surface area contributed by atoms with Crippen molar-refractivity contribution in [1.29, 1.82) is 0 Å². The molecule has 5 aromatic rings. The molecule has 1 saturated heterocycles. The van der Waals surface area contributed by atoms with Crippen molar-refractivity contribution in [1.82, 2.24) is 29.4 Å². The number of rotatable bonds is 6. The van der Waals surface area contributed by atoms with Gasteiger partial charge in [-0.1, -0.05) is 30.3 Å². The van der Waals surface area contributed by atoms with E-state index in [-0.39, 0.29) is 0 Å². The molecule has 1 aliphatic rings. The quantitative estimate of drug-likeness (QED) is 0.326. The van der Waals surface area contributed by atoms with Gasteiger partial charge in [-0.2, -0.15) is 0 Å². The SMILES string of the molecule is Cc1ccc2c3ccccc3n(CCNCC3OC(n4cnc5c(C)ncnc54)C(O)C3O)c2c1. The lowest BCUT2D eigenvalue weighted by molar-refractivity contribution is -0.0341. The molecule has 4 atom stereocenters. The van der Waals surface area contributed by atoms with Crippen LogP contribution in [-0.4, -0.2) is 65.7 Å². The summed E-state index contributed by atoms with van der Waals surface area (Å²) in [6, 6.07) is 15.0. The maximum Gasteiger partial charge on any atom is 0.165 e. The summed E-state index contributed by atoms with van der Waals surface area (Å²) < 4.78 is 10.1. The lowest BCUT2D eigenvalue weighted by Crippen LogP contribution is -2.38. The lowest BCUT2D eigenvalue weighted by Gasteiger charge is -2.17. The minimum atomic E-state index is -1.09. The highest BCUT2D eigenvalue weighted by Gasteiger charge is 2.44. The van der Waals surface area contributed by atoms with Crippen LogP contribution in [0.25, 0.3) is 33.0 Å². The number of aromatic nitrogens is 5. The number of aliphatic hydroxyl groups is 2. The van der Waals surface area contributed by atoms with Crippen LogP contribution in [0, 0.1) is 13.8 Å². The van der Waals surface area contributed by atoms with Crippen molar-refractivity contribution < 1.29 is 14.9 Å². The second-order valence-electron chi connectivity index (χ2n) is 9.22. The number of aryl methyl sites for hydroxylation is 2. The van der Waals surface area contributed by atoms with Crippen LogP contribution in [0.5, 0.6) is 0 Å². The molecule has 6 rings (SSSR count). The first-order valence-electron chi connectivity index (χ1n) is 11.9. The number of benzene rings is 2. The Balaban J connectivity index is 1.16. The third kappa shape index (κ3) is 3.68. The van der Waals surface area contributed by atoms with Crippen molar-refractivity contribution in [3.8, 4) is 0 Å². The molecule has 0 bridgehead atoms. The molecule has 1 aliphatic heterocycles. The van der Waals surface area contributed by atoms with Gasteiger partial charge in [0.2, 0.25) is 0 Å². The number of imidazole rings is 1. The van der Waals surface area contributed by atoms with E-state index in [4.69, 9.17) is 4.74 Å². The molecule has 35 heavy (non-hydrogen) atoms. The number of aliphatic hydroxyl groups excluding tert-OH is 2. The highest BCUT2D eigenvalue weighted by molar-refractivity contribution is 6.08. The molecule has 1 fully saturated rings.